The maximum Gasteiger partial charge on any atom is 0.160 e. The molecule has 3 heteroatoms. The molecule has 0 radical (unpaired) electrons. The van der Waals surface area contributed by atoms with Crippen molar-refractivity contribution in [2.45, 2.75) is 19.3 Å². The summed E-state index contributed by atoms with van der Waals surface area (Å²) in [5.74, 6) is 0.700. The first-order valence-corrected chi connectivity index (χ1v) is 16.8. The zero-order valence-corrected chi connectivity index (χ0v) is 27.4. The zero-order valence-electron chi connectivity index (χ0n) is 27.4. The number of nitrogens with zero attached hydrogens (tertiary/aromatic N) is 3. The standard InChI is InChI=1S/C46H33N3/c1-46(2)41-25-23-36(27-40(41)39-24-22-32-9-6-7-13-38(32)44(39)46)30-14-18-34(19-15-30)43-28-42(33-10-4-3-5-11-33)48-45(49-43)35-20-16-31(17-21-35)37-12-8-26-47-29-37/h3-29H,1-2H3. The summed E-state index contributed by atoms with van der Waals surface area (Å²) in [6, 6.07) is 53.9. The third-order valence-corrected chi connectivity index (χ3v) is 9.98. The first kappa shape index (κ1) is 29.0. The molecule has 0 N–H and O–H groups in total. The van der Waals surface area contributed by atoms with Crippen molar-refractivity contribution in [2.75, 3.05) is 0 Å². The summed E-state index contributed by atoms with van der Waals surface area (Å²) in [4.78, 5) is 14.4. The maximum absolute atomic E-state index is 5.09. The Morgan fingerprint density at radius 3 is 1.80 bits per heavy atom. The smallest absolute Gasteiger partial charge is 0.160 e. The number of aromatic nitrogens is 3. The largest absolute Gasteiger partial charge is 0.264 e. The Labute approximate surface area is 286 Å². The van der Waals surface area contributed by atoms with Crippen LogP contribution in [-0.2, 0) is 5.41 Å². The molecule has 0 atom stereocenters. The lowest BCUT2D eigenvalue weighted by Gasteiger charge is -2.23. The number of hydrogen-bond acceptors (Lipinski definition) is 3. The summed E-state index contributed by atoms with van der Waals surface area (Å²) in [5, 5.41) is 2.64. The van der Waals surface area contributed by atoms with Gasteiger partial charge in [-0.1, -0.05) is 147 Å². The first-order chi connectivity index (χ1) is 24.0. The van der Waals surface area contributed by atoms with Crippen LogP contribution in [0.4, 0.5) is 0 Å². The summed E-state index contributed by atoms with van der Waals surface area (Å²) >= 11 is 0. The van der Waals surface area contributed by atoms with E-state index in [1.165, 1.54) is 44.2 Å². The third-order valence-electron chi connectivity index (χ3n) is 9.98. The van der Waals surface area contributed by atoms with E-state index in [4.69, 9.17) is 9.97 Å². The first-order valence-electron chi connectivity index (χ1n) is 16.8. The number of hydrogen-bond donors (Lipinski definition) is 0. The fraction of sp³-hybridized carbons (Fsp3) is 0.0652. The Morgan fingerprint density at radius 1 is 0.449 bits per heavy atom. The van der Waals surface area contributed by atoms with Gasteiger partial charge in [-0.05, 0) is 73.5 Å². The van der Waals surface area contributed by atoms with Crippen LogP contribution in [0.2, 0.25) is 0 Å². The number of benzene rings is 6. The van der Waals surface area contributed by atoms with Crippen molar-refractivity contribution < 1.29 is 0 Å². The monoisotopic (exact) mass is 627 g/mol. The molecule has 0 bridgehead atoms. The molecule has 0 unspecified atom stereocenters. The molecule has 2 aromatic heterocycles. The molecule has 2 heterocycles. The quantitative estimate of drug-likeness (QED) is 0.191. The number of rotatable bonds is 5. The van der Waals surface area contributed by atoms with Gasteiger partial charge >= 0.3 is 0 Å². The molecule has 0 aliphatic heterocycles. The highest BCUT2D eigenvalue weighted by Gasteiger charge is 2.36. The van der Waals surface area contributed by atoms with Gasteiger partial charge in [-0.2, -0.15) is 0 Å². The fourth-order valence-electron chi connectivity index (χ4n) is 7.46. The summed E-state index contributed by atoms with van der Waals surface area (Å²) < 4.78 is 0. The minimum absolute atomic E-state index is 0.0613. The second-order valence-electron chi connectivity index (χ2n) is 13.3. The van der Waals surface area contributed by atoms with Crippen molar-refractivity contribution >= 4 is 10.8 Å². The minimum atomic E-state index is -0.0613. The molecule has 1 aliphatic rings. The summed E-state index contributed by atoms with van der Waals surface area (Å²) in [7, 11) is 0. The van der Waals surface area contributed by atoms with Crippen LogP contribution in [0.5, 0.6) is 0 Å². The van der Waals surface area contributed by atoms with Crippen LogP contribution >= 0.6 is 0 Å². The molecule has 0 amide bonds. The van der Waals surface area contributed by atoms with Crippen LogP contribution in [-0.4, -0.2) is 15.0 Å². The van der Waals surface area contributed by atoms with Crippen molar-refractivity contribution in [2.24, 2.45) is 0 Å². The molecule has 0 saturated heterocycles. The molecular formula is C46H33N3. The topological polar surface area (TPSA) is 38.7 Å². The summed E-state index contributed by atoms with van der Waals surface area (Å²) in [6.07, 6.45) is 3.68. The van der Waals surface area contributed by atoms with E-state index in [1.54, 1.807) is 6.20 Å². The molecule has 6 aromatic carbocycles. The molecule has 8 aromatic rings. The average Bonchev–Trinajstić information content (AvgIpc) is 3.41. The predicted molar refractivity (Wildman–Crippen MR) is 202 cm³/mol. The Morgan fingerprint density at radius 2 is 1.06 bits per heavy atom. The SMILES string of the molecule is CC1(C)c2ccc(-c3ccc(-c4cc(-c5ccccc5)nc(-c5ccc(-c6cccnc6)cc5)n4)cc3)cc2-c2ccc3ccccc3c21. The lowest BCUT2D eigenvalue weighted by molar-refractivity contribution is 0.666. The highest BCUT2D eigenvalue weighted by Crippen LogP contribution is 2.52. The minimum Gasteiger partial charge on any atom is -0.264 e. The third kappa shape index (κ3) is 5.03. The molecule has 9 rings (SSSR count). The van der Waals surface area contributed by atoms with Gasteiger partial charge in [0, 0.05) is 34.5 Å². The molecule has 0 spiro atoms. The van der Waals surface area contributed by atoms with Crippen LogP contribution in [0.15, 0.2) is 164 Å². The van der Waals surface area contributed by atoms with Crippen LogP contribution in [0, 0.1) is 0 Å². The van der Waals surface area contributed by atoms with Gasteiger partial charge in [0.25, 0.3) is 0 Å². The van der Waals surface area contributed by atoms with E-state index in [0.717, 1.165) is 39.2 Å². The molecule has 1 aliphatic carbocycles. The lowest BCUT2D eigenvalue weighted by atomic mass is 9.80. The van der Waals surface area contributed by atoms with Gasteiger partial charge in [0.15, 0.2) is 5.82 Å². The van der Waals surface area contributed by atoms with Gasteiger partial charge in [-0.15, -0.1) is 0 Å². The van der Waals surface area contributed by atoms with Crippen molar-refractivity contribution in [3.8, 4) is 67.3 Å². The Hall–Kier alpha value is -6.19. The molecular weight excluding hydrogens is 595 g/mol. The Balaban J connectivity index is 1.09. The van der Waals surface area contributed by atoms with Crippen molar-refractivity contribution in [3.63, 3.8) is 0 Å². The van der Waals surface area contributed by atoms with E-state index in [1.807, 2.05) is 30.5 Å². The molecule has 232 valence electrons. The fourth-order valence-corrected chi connectivity index (χ4v) is 7.46. The molecule has 0 fully saturated rings. The Kier molecular flexibility index (Phi) is 6.80. The lowest BCUT2D eigenvalue weighted by Crippen LogP contribution is -2.15. The van der Waals surface area contributed by atoms with Crippen LogP contribution in [0.1, 0.15) is 25.0 Å². The van der Waals surface area contributed by atoms with Crippen molar-refractivity contribution in [3.05, 3.63) is 175 Å². The summed E-state index contributed by atoms with van der Waals surface area (Å²) in [5.41, 5.74) is 14.9. The maximum atomic E-state index is 5.09. The summed E-state index contributed by atoms with van der Waals surface area (Å²) in [6.45, 7) is 4.71. The average molecular weight is 628 g/mol. The van der Waals surface area contributed by atoms with Crippen molar-refractivity contribution in [1.29, 1.82) is 0 Å². The van der Waals surface area contributed by atoms with Crippen LogP contribution in [0.25, 0.3) is 78.1 Å². The second kappa shape index (κ2) is 11.5. The van der Waals surface area contributed by atoms with Gasteiger partial charge in [-0.3, -0.25) is 4.98 Å². The second-order valence-corrected chi connectivity index (χ2v) is 13.3. The van der Waals surface area contributed by atoms with Crippen LogP contribution < -0.4 is 0 Å². The normalized spacial score (nSPS) is 12.9. The van der Waals surface area contributed by atoms with E-state index < -0.39 is 0 Å². The van der Waals surface area contributed by atoms with Gasteiger partial charge < -0.3 is 0 Å². The number of pyridine rings is 1. The highest BCUT2D eigenvalue weighted by atomic mass is 14.9. The molecule has 3 nitrogen and oxygen atoms in total. The van der Waals surface area contributed by atoms with E-state index in [2.05, 4.69) is 146 Å². The van der Waals surface area contributed by atoms with Crippen molar-refractivity contribution in [1.82, 2.24) is 15.0 Å². The number of fused-ring (bicyclic) bond motifs is 5. The molecule has 49 heavy (non-hydrogen) atoms. The van der Waals surface area contributed by atoms with Gasteiger partial charge in [0.2, 0.25) is 0 Å². The van der Waals surface area contributed by atoms with E-state index >= 15 is 0 Å². The van der Waals surface area contributed by atoms with Gasteiger partial charge in [0.1, 0.15) is 0 Å². The van der Waals surface area contributed by atoms with Gasteiger partial charge in [-0.25, -0.2) is 9.97 Å². The predicted octanol–water partition coefficient (Wildman–Crippen LogP) is 11.7. The van der Waals surface area contributed by atoms with Crippen LogP contribution in [0.3, 0.4) is 0 Å². The zero-order chi connectivity index (χ0) is 33.0. The molecule has 0 saturated carbocycles. The van der Waals surface area contributed by atoms with Gasteiger partial charge in [0.05, 0.1) is 11.4 Å². The highest BCUT2D eigenvalue weighted by molar-refractivity contribution is 5.98. The van der Waals surface area contributed by atoms with E-state index in [-0.39, 0.29) is 5.41 Å². The Bertz CT molecular complexity index is 2480. The van der Waals surface area contributed by atoms with E-state index in [9.17, 15) is 0 Å². The van der Waals surface area contributed by atoms with E-state index in [0.29, 0.717) is 5.82 Å².